The molecule has 0 radical (unpaired) electrons. The Morgan fingerprint density at radius 1 is 0.960 bits per heavy atom. The molecular weight excluding hydrogens is 338 g/mol. The molecule has 2 N–H and O–H groups in total. The van der Waals surface area contributed by atoms with Gasteiger partial charge in [-0.05, 0) is 34.7 Å². The van der Waals surface area contributed by atoms with Crippen molar-refractivity contribution in [3.63, 3.8) is 0 Å². The van der Waals surface area contributed by atoms with Crippen molar-refractivity contribution in [2.45, 2.75) is 10.4 Å². The fourth-order valence-corrected chi connectivity index (χ4v) is 3.31. The van der Waals surface area contributed by atoms with E-state index in [1.807, 2.05) is 48.5 Å². The van der Waals surface area contributed by atoms with Gasteiger partial charge in [0.1, 0.15) is 5.84 Å². The Kier molecular flexibility index (Phi) is 3.90. The average molecular weight is 351 g/mol. The summed E-state index contributed by atoms with van der Waals surface area (Å²) in [5.74, 6) is -0.00206. The van der Waals surface area contributed by atoms with Crippen molar-refractivity contribution in [2.75, 3.05) is 5.01 Å². The third-order valence-electron chi connectivity index (χ3n) is 3.58. The zero-order chi connectivity index (χ0) is 17.2. The molecule has 1 atom stereocenters. The third-order valence-corrected chi connectivity index (χ3v) is 4.73. The first-order chi connectivity index (χ1) is 12.2. The molecule has 1 aliphatic rings. The van der Waals surface area contributed by atoms with Gasteiger partial charge in [0.05, 0.1) is 11.4 Å². The monoisotopic (exact) mass is 351 g/mol. The third kappa shape index (κ3) is 2.85. The highest BCUT2D eigenvalue weighted by Gasteiger charge is 2.37. The first kappa shape index (κ1) is 15.3. The molecule has 25 heavy (non-hydrogen) atoms. The van der Waals surface area contributed by atoms with Gasteiger partial charge in [0, 0.05) is 0 Å². The number of thioether (sulfide) groups is 1. The Labute approximate surface area is 147 Å². The minimum atomic E-state index is -0.673. The lowest BCUT2D eigenvalue weighted by atomic mass is 10.3. The second-order valence-electron chi connectivity index (χ2n) is 5.22. The first-order valence-electron chi connectivity index (χ1n) is 7.47. The maximum Gasteiger partial charge on any atom is 0.268 e. The second-order valence-corrected chi connectivity index (χ2v) is 6.29. The second kappa shape index (κ2) is 6.36. The highest BCUT2D eigenvalue weighted by Crippen LogP contribution is 2.30. The molecule has 3 aromatic rings. The highest BCUT2D eigenvalue weighted by molar-refractivity contribution is 8.01. The summed E-state index contributed by atoms with van der Waals surface area (Å²) in [5, 5.41) is 17.0. The van der Waals surface area contributed by atoms with Crippen LogP contribution in [0.5, 0.6) is 0 Å². The minimum Gasteiger partial charge on any atom is -0.384 e. The molecule has 4 rings (SSSR count). The van der Waals surface area contributed by atoms with Crippen LogP contribution >= 0.6 is 11.8 Å². The van der Waals surface area contributed by atoms with Crippen LogP contribution < -0.4 is 10.7 Å². The Balaban J connectivity index is 1.60. The van der Waals surface area contributed by atoms with Crippen LogP contribution in [0.3, 0.4) is 0 Å². The van der Waals surface area contributed by atoms with E-state index in [9.17, 15) is 4.79 Å². The Hall–Kier alpha value is -3.20. The van der Waals surface area contributed by atoms with E-state index in [4.69, 9.17) is 5.73 Å². The Morgan fingerprint density at radius 2 is 1.60 bits per heavy atom. The molecule has 9 heteroatoms. The summed E-state index contributed by atoms with van der Waals surface area (Å²) in [7, 11) is 0. The number of hydrogen-bond donors (Lipinski definition) is 1. The number of benzene rings is 2. The Bertz CT molecular complexity index is 926. The maximum atomic E-state index is 12.7. The van der Waals surface area contributed by atoms with Gasteiger partial charge in [0.25, 0.3) is 5.91 Å². The summed E-state index contributed by atoms with van der Waals surface area (Å²) < 4.78 is 1.57. The molecule has 0 unspecified atom stereocenters. The van der Waals surface area contributed by atoms with Crippen LogP contribution in [0, 0.1) is 0 Å². The molecule has 2 heterocycles. The quantitative estimate of drug-likeness (QED) is 0.763. The number of amidine groups is 1. The summed E-state index contributed by atoms with van der Waals surface area (Å²) in [6, 6.07) is 18.6. The largest absolute Gasteiger partial charge is 0.384 e. The van der Waals surface area contributed by atoms with Crippen molar-refractivity contribution >= 4 is 29.2 Å². The number of amides is 1. The molecule has 1 aromatic heterocycles. The van der Waals surface area contributed by atoms with Crippen LogP contribution in [0.1, 0.15) is 0 Å². The molecular formula is C16H13N7OS. The number of carbonyl (C=O) groups excluding carboxylic acids is 1. The number of anilines is 1. The molecule has 0 bridgehead atoms. The summed E-state index contributed by atoms with van der Waals surface area (Å²) in [6.45, 7) is 0. The molecule has 124 valence electrons. The smallest absolute Gasteiger partial charge is 0.268 e. The van der Waals surface area contributed by atoms with Gasteiger partial charge in [0.15, 0.2) is 5.25 Å². The van der Waals surface area contributed by atoms with Crippen LogP contribution in [-0.4, -0.2) is 37.2 Å². The van der Waals surface area contributed by atoms with Gasteiger partial charge in [-0.2, -0.15) is 14.8 Å². The van der Waals surface area contributed by atoms with E-state index in [2.05, 4.69) is 20.6 Å². The van der Waals surface area contributed by atoms with E-state index in [0.29, 0.717) is 10.8 Å². The van der Waals surface area contributed by atoms with Crippen molar-refractivity contribution in [2.24, 2.45) is 10.8 Å². The summed E-state index contributed by atoms with van der Waals surface area (Å²) >= 11 is 1.17. The average Bonchev–Trinajstić information content (AvgIpc) is 3.23. The number of nitrogens with two attached hydrogens (primary N) is 1. The van der Waals surface area contributed by atoms with Crippen molar-refractivity contribution in [3.8, 4) is 5.69 Å². The Morgan fingerprint density at radius 3 is 2.28 bits per heavy atom. The molecule has 0 saturated heterocycles. The molecule has 1 aliphatic heterocycles. The normalized spacial score (nSPS) is 17.0. The fraction of sp³-hybridized carbons (Fsp3) is 0.0625. The summed E-state index contributed by atoms with van der Waals surface area (Å²) in [6.07, 6.45) is 0. The van der Waals surface area contributed by atoms with Crippen molar-refractivity contribution in [3.05, 3.63) is 60.7 Å². The number of nitrogens with zero attached hydrogens (tertiary/aromatic N) is 6. The number of carbonyl (C=O) groups is 1. The van der Waals surface area contributed by atoms with Gasteiger partial charge in [-0.3, -0.25) is 4.79 Å². The maximum absolute atomic E-state index is 12.7. The van der Waals surface area contributed by atoms with E-state index < -0.39 is 5.25 Å². The van der Waals surface area contributed by atoms with Gasteiger partial charge in [-0.15, -0.1) is 5.10 Å². The van der Waals surface area contributed by atoms with Gasteiger partial charge in [0.2, 0.25) is 5.16 Å². The fourth-order valence-electron chi connectivity index (χ4n) is 2.41. The number of aromatic nitrogens is 4. The van der Waals surface area contributed by atoms with E-state index in [-0.39, 0.29) is 11.7 Å². The zero-order valence-electron chi connectivity index (χ0n) is 12.9. The van der Waals surface area contributed by atoms with Crippen molar-refractivity contribution < 1.29 is 4.79 Å². The molecule has 1 amide bonds. The lowest BCUT2D eigenvalue weighted by Gasteiger charge is -2.13. The standard InChI is InChI=1S/C16H13N7OS/c17-14-13(15(24)22(19-14)11-7-3-1-4-8-11)25-16-18-20-21-23(16)12-9-5-2-6-10-12/h1-10,13H,(H2,17,19)/t13-/m1/s1. The van der Waals surface area contributed by atoms with Crippen molar-refractivity contribution in [1.82, 2.24) is 20.2 Å². The van der Waals surface area contributed by atoms with Crippen molar-refractivity contribution in [1.29, 1.82) is 0 Å². The number of para-hydroxylation sites is 2. The molecule has 0 saturated carbocycles. The lowest BCUT2D eigenvalue weighted by molar-refractivity contribution is -0.116. The van der Waals surface area contributed by atoms with Gasteiger partial charge < -0.3 is 5.73 Å². The van der Waals surface area contributed by atoms with Gasteiger partial charge in [-0.1, -0.05) is 48.2 Å². The van der Waals surface area contributed by atoms with E-state index in [1.54, 1.807) is 16.8 Å². The topological polar surface area (TPSA) is 102 Å². The molecule has 2 aromatic carbocycles. The van der Waals surface area contributed by atoms with E-state index in [0.717, 1.165) is 5.69 Å². The van der Waals surface area contributed by atoms with Gasteiger partial charge in [-0.25, -0.2) is 0 Å². The van der Waals surface area contributed by atoms with E-state index >= 15 is 0 Å². The first-order valence-corrected chi connectivity index (χ1v) is 8.35. The lowest BCUT2D eigenvalue weighted by Crippen LogP contribution is -2.32. The summed E-state index contributed by atoms with van der Waals surface area (Å²) in [5.41, 5.74) is 7.46. The molecule has 0 aliphatic carbocycles. The predicted molar refractivity (Wildman–Crippen MR) is 94.3 cm³/mol. The number of hydrogen-bond acceptors (Lipinski definition) is 7. The summed E-state index contributed by atoms with van der Waals surface area (Å²) in [4.78, 5) is 12.7. The highest BCUT2D eigenvalue weighted by atomic mass is 32.2. The van der Waals surface area contributed by atoms with Crippen LogP contribution in [0.4, 0.5) is 5.69 Å². The number of tetrazole rings is 1. The number of hydrazone groups is 1. The van der Waals surface area contributed by atoms with Gasteiger partial charge >= 0.3 is 0 Å². The predicted octanol–water partition coefficient (Wildman–Crippen LogP) is 1.44. The van der Waals surface area contributed by atoms with Crippen LogP contribution in [0.25, 0.3) is 5.69 Å². The molecule has 0 spiro atoms. The number of rotatable bonds is 4. The zero-order valence-corrected chi connectivity index (χ0v) is 13.7. The SMILES string of the molecule is NC1=NN(c2ccccc2)C(=O)[C@@H]1Sc1nnnn1-c1ccccc1. The van der Waals surface area contributed by atoms with E-state index in [1.165, 1.54) is 16.8 Å². The van der Waals surface area contributed by atoms with Crippen LogP contribution in [-0.2, 0) is 4.79 Å². The van der Waals surface area contributed by atoms with Crippen LogP contribution in [0.2, 0.25) is 0 Å². The molecule has 0 fully saturated rings. The minimum absolute atomic E-state index is 0.224. The molecule has 8 nitrogen and oxygen atoms in total. The van der Waals surface area contributed by atoms with Crippen LogP contribution in [0.15, 0.2) is 70.9 Å².